The van der Waals surface area contributed by atoms with Crippen molar-refractivity contribution in [3.05, 3.63) is 65.8 Å². The van der Waals surface area contributed by atoms with Crippen LogP contribution >= 0.6 is 0 Å². The summed E-state index contributed by atoms with van der Waals surface area (Å²) in [5.74, 6) is 0. The third kappa shape index (κ3) is 4.33. The van der Waals surface area contributed by atoms with Crippen LogP contribution in [-0.2, 0) is 9.59 Å². The molecule has 0 aliphatic rings. The first kappa shape index (κ1) is 11.9. The number of carbonyl (C=O) groups excluding carboxylic acids is 2. The van der Waals surface area contributed by atoms with Gasteiger partial charge < -0.3 is 0 Å². The van der Waals surface area contributed by atoms with Gasteiger partial charge in [0.15, 0.2) is 12.6 Å². The molecule has 0 heterocycles. The summed E-state index contributed by atoms with van der Waals surface area (Å²) in [5.41, 5.74) is 1.23. The van der Waals surface area contributed by atoms with E-state index >= 15 is 0 Å². The van der Waals surface area contributed by atoms with Crippen LogP contribution in [0.2, 0.25) is 0 Å². The predicted octanol–water partition coefficient (Wildman–Crippen LogP) is 2.58. The van der Waals surface area contributed by atoms with Gasteiger partial charge in [0.2, 0.25) is 0 Å². The van der Waals surface area contributed by atoms with Crippen molar-refractivity contribution in [1.29, 1.82) is 0 Å². The highest BCUT2D eigenvalue weighted by atomic mass is 16.1. The molecule has 2 nitrogen and oxygen atoms in total. The van der Waals surface area contributed by atoms with Crippen molar-refractivity contribution in [1.82, 2.24) is 0 Å². The van der Waals surface area contributed by atoms with Crippen LogP contribution in [0.4, 0.5) is 0 Å². The zero-order valence-electron chi connectivity index (χ0n) is 8.74. The predicted molar refractivity (Wildman–Crippen MR) is 64.8 cm³/mol. The van der Waals surface area contributed by atoms with Crippen LogP contribution in [-0.4, -0.2) is 12.6 Å². The van der Waals surface area contributed by atoms with E-state index in [0.29, 0.717) is 12.6 Å². The summed E-state index contributed by atoms with van der Waals surface area (Å²) in [5, 5.41) is 0. The second-order valence-electron chi connectivity index (χ2n) is 3.06. The molecule has 0 saturated carbocycles. The lowest BCUT2D eigenvalue weighted by atomic mass is 10.2. The van der Waals surface area contributed by atoms with Gasteiger partial charge in [-0.3, -0.25) is 9.59 Å². The molecule has 0 aromatic heterocycles. The van der Waals surface area contributed by atoms with Gasteiger partial charge in [-0.15, -0.1) is 0 Å². The topological polar surface area (TPSA) is 34.1 Å². The van der Waals surface area contributed by atoms with E-state index in [4.69, 9.17) is 0 Å². The number of hydrogen-bond donors (Lipinski definition) is 0. The lowest BCUT2D eigenvalue weighted by Gasteiger charge is -1.88. The molecule has 0 spiro atoms. The Morgan fingerprint density at radius 3 is 2.19 bits per heavy atom. The molecule has 1 aromatic rings. The number of rotatable bonds is 5. The smallest absolute Gasteiger partial charge is 0.153 e. The van der Waals surface area contributed by atoms with Crippen LogP contribution in [0.25, 0.3) is 6.08 Å². The van der Waals surface area contributed by atoms with Crippen molar-refractivity contribution in [3.8, 4) is 0 Å². The monoisotopic (exact) mass is 212 g/mol. The Morgan fingerprint density at radius 2 is 1.56 bits per heavy atom. The van der Waals surface area contributed by atoms with Gasteiger partial charge >= 0.3 is 0 Å². The molecule has 1 aromatic carbocycles. The highest BCUT2D eigenvalue weighted by Crippen LogP contribution is 2.00. The highest BCUT2D eigenvalue weighted by molar-refractivity contribution is 5.99. The summed E-state index contributed by atoms with van der Waals surface area (Å²) in [6.45, 7) is 0. The van der Waals surface area contributed by atoms with Gasteiger partial charge in [-0.1, -0.05) is 54.6 Å². The fourth-order valence-corrected chi connectivity index (χ4v) is 1.07. The first-order valence-corrected chi connectivity index (χ1v) is 4.87. The molecule has 0 fully saturated rings. The SMILES string of the molecule is O=CC(C=O)=C/C=C/C=C/c1ccccc1. The van der Waals surface area contributed by atoms with E-state index in [0.717, 1.165) is 5.56 Å². The van der Waals surface area contributed by atoms with Gasteiger partial charge in [0.1, 0.15) is 0 Å². The number of benzene rings is 1. The van der Waals surface area contributed by atoms with Crippen LogP contribution in [0, 0.1) is 0 Å². The first-order chi connectivity index (χ1) is 7.86. The summed E-state index contributed by atoms with van der Waals surface area (Å²) >= 11 is 0. The van der Waals surface area contributed by atoms with Crippen molar-refractivity contribution in [2.75, 3.05) is 0 Å². The molecular formula is C14H12O2. The fourth-order valence-electron chi connectivity index (χ4n) is 1.07. The number of hydrogen-bond acceptors (Lipinski definition) is 2. The summed E-state index contributed by atoms with van der Waals surface area (Å²) in [6.07, 6.45) is 9.72. The van der Waals surface area contributed by atoms with Crippen LogP contribution in [0.1, 0.15) is 5.56 Å². The highest BCUT2D eigenvalue weighted by Gasteiger charge is 1.85. The molecule has 0 unspecified atom stereocenters. The Kier molecular flexibility index (Phi) is 5.28. The van der Waals surface area contributed by atoms with Gasteiger partial charge in [-0.05, 0) is 11.6 Å². The van der Waals surface area contributed by atoms with Crippen LogP contribution in [0.15, 0.2) is 60.2 Å². The number of aldehydes is 2. The Balaban J connectivity index is 2.55. The largest absolute Gasteiger partial charge is 0.298 e. The van der Waals surface area contributed by atoms with E-state index < -0.39 is 0 Å². The van der Waals surface area contributed by atoms with E-state index in [9.17, 15) is 9.59 Å². The maximum atomic E-state index is 10.3. The Bertz CT molecular complexity index is 415. The van der Waals surface area contributed by atoms with Crippen molar-refractivity contribution >= 4 is 18.6 Å². The normalized spacial score (nSPS) is 10.5. The molecule has 0 bridgehead atoms. The molecule has 16 heavy (non-hydrogen) atoms. The van der Waals surface area contributed by atoms with E-state index in [1.54, 1.807) is 12.2 Å². The Hall–Kier alpha value is -2.22. The second-order valence-corrected chi connectivity index (χ2v) is 3.06. The lowest BCUT2D eigenvalue weighted by molar-refractivity contribution is -0.109. The van der Waals surface area contributed by atoms with E-state index in [1.807, 2.05) is 42.5 Å². The molecule has 2 heteroatoms. The van der Waals surface area contributed by atoms with Gasteiger partial charge in [0, 0.05) is 0 Å². The van der Waals surface area contributed by atoms with Crippen molar-refractivity contribution in [3.63, 3.8) is 0 Å². The molecule has 0 atom stereocenters. The van der Waals surface area contributed by atoms with Crippen LogP contribution in [0.5, 0.6) is 0 Å². The molecule has 1 rings (SSSR count). The average Bonchev–Trinajstić information content (AvgIpc) is 2.35. The molecule has 0 aliphatic carbocycles. The quantitative estimate of drug-likeness (QED) is 0.247. The summed E-state index contributed by atoms with van der Waals surface area (Å²) in [4.78, 5) is 20.5. The van der Waals surface area contributed by atoms with Gasteiger partial charge in [0.05, 0.1) is 5.57 Å². The molecule has 0 radical (unpaired) electrons. The van der Waals surface area contributed by atoms with E-state index in [-0.39, 0.29) is 5.57 Å². The molecule has 0 saturated heterocycles. The van der Waals surface area contributed by atoms with Crippen molar-refractivity contribution in [2.24, 2.45) is 0 Å². The van der Waals surface area contributed by atoms with Crippen molar-refractivity contribution in [2.45, 2.75) is 0 Å². The minimum Gasteiger partial charge on any atom is -0.298 e. The first-order valence-electron chi connectivity index (χ1n) is 4.87. The standard InChI is InChI=1S/C14H12O2/c15-11-14(12-16)10-6-2-5-9-13-7-3-1-4-8-13/h1-12H/b6-2+,9-5+. The summed E-state index contributed by atoms with van der Waals surface area (Å²) in [6, 6.07) is 9.85. The number of allylic oxidation sites excluding steroid dienone is 5. The van der Waals surface area contributed by atoms with Crippen molar-refractivity contribution < 1.29 is 9.59 Å². The Labute approximate surface area is 94.6 Å². The van der Waals surface area contributed by atoms with E-state index in [1.165, 1.54) is 6.08 Å². The average molecular weight is 212 g/mol. The molecule has 0 N–H and O–H groups in total. The molecule has 80 valence electrons. The summed E-state index contributed by atoms with van der Waals surface area (Å²) in [7, 11) is 0. The van der Waals surface area contributed by atoms with Crippen LogP contribution < -0.4 is 0 Å². The molecular weight excluding hydrogens is 200 g/mol. The second kappa shape index (κ2) is 7.12. The third-order valence-corrected chi connectivity index (χ3v) is 1.87. The minimum atomic E-state index is 0.129. The fraction of sp³-hybridized carbons (Fsp3) is 0. The maximum absolute atomic E-state index is 10.3. The van der Waals surface area contributed by atoms with Crippen LogP contribution in [0.3, 0.4) is 0 Å². The minimum absolute atomic E-state index is 0.129. The van der Waals surface area contributed by atoms with Gasteiger partial charge in [-0.2, -0.15) is 0 Å². The third-order valence-electron chi connectivity index (χ3n) is 1.87. The zero-order valence-corrected chi connectivity index (χ0v) is 8.74. The van der Waals surface area contributed by atoms with E-state index in [2.05, 4.69) is 0 Å². The Morgan fingerprint density at radius 1 is 0.875 bits per heavy atom. The summed E-state index contributed by atoms with van der Waals surface area (Å²) < 4.78 is 0. The lowest BCUT2D eigenvalue weighted by Crippen LogP contribution is -1.82. The zero-order chi connectivity index (χ0) is 11.6. The molecule has 0 amide bonds. The van der Waals surface area contributed by atoms with Gasteiger partial charge in [-0.25, -0.2) is 0 Å². The molecule has 0 aliphatic heterocycles. The number of carbonyl (C=O) groups is 2. The maximum Gasteiger partial charge on any atom is 0.153 e. The van der Waals surface area contributed by atoms with Gasteiger partial charge in [0.25, 0.3) is 0 Å².